The Morgan fingerprint density at radius 3 is 2.57 bits per heavy atom. The molecule has 0 aliphatic carbocycles. The number of anilines is 1. The number of rotatable bonds is 7. The summed E-state index contributed by atoms with van der Waals surface area (Å²) in [4.78, 5) is 24.9. The topological polar surface area (TPSA) is 49.3 Å². The third-order valence-electron chi connectivity index (χ3n) is 3.66. The fourth-order valence-corrected chi connectivity index (χ4v) is 2.27. The third kappa shape index (κ3) is 4.77. The van der Waals surface area contributed by atoms with Crippen LogP contribution in [0.1, 0.15) is 35.8 Å². The molecule has 0 saturated heterocycles. The second kappa shape index (κ2) is 8.27. The van der Waals surface area contributed by atoms with Crippen LogP contribution in [0.5, 0.6) is 0 Å². The minimum absolute atomic E-state index is 0.0959. The van der Waals surface area contributed by atoms with E-state index in [1.165, 1.54) is 0 Å². The van der Waals surface area contributed by atoms with E-state index in [9.17, 15) is 4.79 Å². The quantitative estimate of drug-likeness (QED) is 0.788. The van der Waals surface area contributed by atoms with Crippen LogP contribution in [0.25, 0.3) is 0 Å². The van der Waals surface area contributed by atoms with Gasteiger partial charge in [0.15, 0.2) is 0 Å². The first-order valence-electron chi connectivity index (χ1n) is 7.95. The van der Waals surface area contributed by atoms with Crippen LogP contribution in [0.15, 0.2) is 42.6 Å². The van der Waals surface area contributed by atoms with Crippen molar-refractivity contribution in [3.63, 3.8) is 0 Å². The first-order chi connectivity index (χ1) is 11.1. The van der Waals surface area contributed by atoms with Gasteiger partial charge in [0, 0.05) is 33.4 Å². The fraction of sp³-hybridized carbons (Fsp3) is 0.389. The van der Waals surface area contributed by atoms with Crippen LogP contribution in [0.2, 0.25) is 0 Å². The van der Waals surface area contributed by atoms with Crippen LogP contribution < -0.4 is 4.90 Å². The van der Waals surface area contributed by atoms with Crippen LogP contribution >= 0.6 is 0 Å². The molecule has 0 radical (unpaired) electrons. The van der Waals surface area contributed by atoms with Gasteiger partial charge in [-0.2, -0.15) is 0 Å². The van der Waals surface area contributed by atoms with Gasteiger partial charge >= 0.3 is 0 Å². The van der Waals surface area contributed by atoms with Crippen molar-refractivity contribution in [3.8, 4) is 0 Å². The molecule has 2 rings (SSSR count). The summed E-state index contributed by atoms with van der Waals surface area (Å²) in [5.41, 5.74) is 1.52. The highest BCUT2D eigenvalue weighted by Crippen LogP contribution is 2.10. The van der Waals surface area contributed by atoms with Gasteiger partial charge in [-0.05, 0) is 18.1 Å². The van der Waals surface area contributed by atoms with Crippen molar-refractivity contribution < 1.29 is 4.79 Å². The molecule has 0 atom stereocenters. The number of amides is 1. The van der Waals surface area contributed by atoms with Crippen molar-refractivity contribution in [2.75, 3.05) is 25.5 Å². The minimum atomic E-state index is -0.0959. The van der Waals surface area contributed by atoms with Crippen molar-refractivity contribution in [3.05, 3.63) is 53.9 Å². The summed E-state index contributed by atoms with van der Waals surface area (Å²) in [5, 5.41) is 0. The number of unbranched alkanes of at least 4 members (excludes halogenated alkanes) is 1. The molecule has 0 saturated carbocycles. The molecule has 0 aliphatic rings. The molecule has 1 amide bonds. The van der Waals surface area contributed by atoms with E-state index in [0.29, 0.717) is 18.2 Å². The van der Waals surface area contributed by atoms with E-state index in [1.54, 1.807) is 24.2 Å². The molecular formula is C18H24N4O. The second-order valence-electron chi connectivity index (χ2n) is 5.66. The summed E-state index contributed by atoms with van der Waals surface area (Å²) in [6, 6.07) is 11.6. The zero-order valence-electron chi connectivity index (χ0n) is 14.1. The van der Waals surface area contributed by atoms with E-state index in [4.69, 9.17) is 0 Å². The highest BCUT2D eigenvalue weighted by atomic mass is 16.2. The van der Waals surface area contributed by atoms with Crippen molar-refractivity contribution >= 4 is 11.9 Å². The van der Waals surface area contributed by atoms with Gasteiger partial charge in [0.2, 0.25) is 5.95 Å². The molecule has 0 unspecified atom stereocenters. The zero-order chi connectivity index (χ0) is 16.7. The average Bonchev–Trinajstić information content (AvgIpc) is 2.60. The summed E-state index contributed by atoms with van der Waals surface area (Å²) < 4.78 is 0. The first-order valence-corrected chi connectivity index (χ1v) is 7.95. The number of benzene rings is 1. The number of carbonyl (C=O) groups excluding carboxylic acids is 1. The molecule has 23 heavy (non-hydrogen) atoms. The molecule has 5 nitrogen and oxygen atoms in total. The average molecular weight is 312 g/mol. The molecule has 0 bridgehead atoms. The van der Waals surface area contributed by atoms with E-state index in [1.807, 2.05) is 42.3 Å². The van der Waals surface area contributed by atoms with Gasteiger partial charge in [0.1, 0.15) is 5.69 Å². The maximum atomic E-state index is 12.6. The lowest BCUT2D eigenvalue weighted by molar-refractivity contribution is 0.0779. The third-order valence-corrected chi connectivity index (χ3v) is 3.66. The Morgan fingerprint density at radius 1 is 1.13 bits per heavy atom. The van der Waals surface area contributed by atoms with Crippen LogP contribution in [0, 0.1) is 0 Å². The Bertz CT molecular complexity index is 630. The predicted molar refractivity (Wildman–Crippen MR) is 92.4 cm³/mol. The Kier molecular flexibility index (Phi) is 6.09. The largest absolute Gasteiger partial charge is 0.344 e. The molecule has 0 fully saturated rings. The normalized spacial score (nSPS) is 10.4. The van der Waals surface area contributed by atoms with Crippen LogP contribution in [0.3, 0.4) is 0 Å². The summed E-state index contributed by atoms with van der Waals surface area (Å²) >= 11 is 0. The Morgan fingerprint density at radius 2 is 1.87 bits per heavy atom. The molecule has 1 aromatic heterocycles. The van der Waals surface area contributed by atoms with Gasteiger partial charge in [0.25, 0.3) is 5.91 Å². The second-order valence-corrected chi connectivity index (χ2v) is 5.66. The summed E-state index contributed by atoms with van der Waals surface area (Å²) in [6.45, 7) is 3.59. The van der Waals surface area contributed by atoms with Crippen molar-refractivity contribution in [1.29, 1.82) is 0 Å². The van der Waals surface area contributed by atoms with E-state index < -0.39 is 0 Å². The van der Waals surface area contributed by atoms with Gasteiger partial charge < -0.3 is 9.80 Å². The van der Waals surface area contributed by atoms with Crippen LogP contribution in [-0.4, -0.2) is 41.4 Å². The first kappa shape index (κ1) is 16.9. The molecular weight excluding hydrogens is 288 g/mol. The highest BCUT2D eigenvalue weighted by Gasteiger charge is 2.15. The zero-order valence-corrected chi connectivity index (χ0v) is 14.1. The molecule has 5 heteroatoms. The summed E-state index contributed by atoms with van der Waals surface area (Å²) in [7, 11) is 3.74. The van der Waals surface area contributed by atoms with E-state index in [2.05, 4.69) is 16.9 Å². The van der Waals surface area contributed by atoms with Crippen molar-refractivity contribution in [2.45, 2.75) is 26.3 Å². The molecule has 1 aromatic carbocycles. The van der Waals surface area contributed by atoms with E-state index in [0.717, 1.165) is 24.9 Å². The number of carbonyl (C=O) groups is 1. The molecule has 1 heterocycles. The van der Waals surface area contributed by atoms with E-state index >= 15 is 0 Å². The minimum Gasteiger partial charge on any atom is -0.344 e. The van der Waals surface area contributed by atoms with Gasteiger partial charge in [-0.3, -0.25) is 4.79 Å². The Balaban J connectivity index is 2.06. The van der Waals surface area contributed by atoms with Gasteiger partial charge in [-0.25, -0.2) is 9.97 Å². The van der Waals surface area contributed by atoms with Gasteiger partial charge in [0.05, 0.1) is 0 Å². The van der Waals surface area contributed by atoms with Gasteiger partial charge in [-0.15, -0.1) is 0 Å². The van der Waals surface area contributed by atoms with Crippen molar-refractivity contribution in [1.82, 2.24) is 14.9 Å². The number of hydrogen-bond donors (Lipinski definition) is 0. The SMILES string of the molecule is CCCCN(C)c1nccc(C(=O)N(C)Cc2ccccc2)n1. The maximum Gasteiger partial charge on any atom is 0.272 e. The Labute approximate surface area is 138 Å². The van der Waals surface area contributed by atoms with E-state index in [-0.39, 0.29) is 5.91 Å². The lowest BCUT2D eigenvalue weighted by Gasteiger charge is -2.19. The van der Waals surface area contributed by atoms with Gasteiger partial charge in [-0.1, -0.05) is 43.7 Å². The van der Waals surface area contributed by atoms with Crippen molar-refractivity contribution in [2.24, 2.45) is 0 Å². The number of nitrogens with zero attached hydrogens (tertiary/aromatic N) is 4. The molecule has 122 valence electrons. The predicted octanol–water partition coefficient (Wildman–Crippen LogP) is 2.99. The molecule has 0 aliphatic heterocycles. The summed E-state index contributed by atoms with van der Waals surface area (Å²) in [6.07, 6.45) is 3.84. The lowest BCUT2D eigenvalue weighted by Crippen LogP contribution is -2.28. The molecule has 2 aromatic rings. The van der Waals surface area contributed by atoms with Crippen LogP contribution in [-0.2, 0) is 6.54 Å². The standard InChI is InChI=1S/C18H24N4O/c1-4-5-13-21(2)18-19-12-11-16(20-18)17(23)22(3)14-15-9-7-6-8-10-15/h6-12H,4-5,13-14H2,1-3H3. The highest BCUT2D eigenvalue weighted by molar-refractivity contribution is 5.92. The lowest BCUT2D eigenvalue weighted by atomic mass is 10.2. The Hall–Kier alpha value is -2.43. The number of aromatic nitrogens is 2. The maximum absolute atomic E-state index is 12.6. The smallest absolute Gasteiger partial charge is 0.272 e. The fourth-order valence-electron chi connectivity index (χ4n) is 2.27. The van der Waals surface area contributed by atoms with Crippen LogP contribution in [0.4, 0.5) is 5.95 Å². The summed E-state index contributed by atoms with van der Waals surface area (Å²) in [5.74, 6) is 0.499. The molecule has 0 spiro atoms. The molecule has 0 N–H and O–H groups in total. The monoisotopic (exact) mass is 312 g/mol. The number of hydrogen-bond acceptors (Lipinski definition) is 4.